The molecule has 5 saturated carbocycles. The largest absolute Gasteiger partial charge is 0.465 e. The van der Waals surface area contributed by atoms with Gasteiger partial charge in [-0.3, -0.25) is 4.79 Å². The van der Waals surface area contributed by atoms with Crippen LogP contribution < -0.4 is 0 Å². The Bertz CT molecular complexity index is 1440. The van der Waals surface area contributed by atoms with Gasteiger partial charge in [-0.15, -0.1) is 0 Å². The maximum Gasteiger partial charge on any atom is 0.339 e. The Labute approximate surface area is 282 Å². The van der Waals surface area contributed by atoms with Crippen LogP contribution >= 0.6 is 0 Å². The highest BCUT2D eigenvalue weighted by atomic mass is 16.5. The monoisotopic (exact) mass is 646 g/mol. The Morgan fingerprint density at radius 2 is 1.47 bits per heavy atom. The average Bonchev–Trinajstić information content (AvgIpc) is 3.41. The van der Waals surface area contributed by atoms with Gasteiger partial charge in [-0.1, -0.05) is 58.9 Å². The summed E-state index contributed by atoms with van der Waals surface area (Å²) in [5.74, 6) is 1.39. The SMILES string of the molecule is C=C(C)C1CCC2(COC(=O)c3ccccc3C(=O)OC)CCC3(C)C(CCC4C5(C)CCC(OC(C)=O)C(C)(C)C5CCC43C)C12. The van der Waals surface area contributed by atoms with Crippen LogP contribution in [0.5, 0.6) is 0 Å². The fourth-order valence-corrected chi connectivity index (χ4v) is 13.2. The number of methoxy groups -OCH3 is 1. The van der Waals surface area contributed by atoms with Crippen molar-refractivity contribution in [3.05, 3.63) is 47.5 Å². The van der Waals surface area contributed by atoms with Crippen molar-refractivity contribution in [3.8, 4) is 0 Å². The number of carbonyl (C=O) groups excluding carboxylic acids is 3. The molecule has 0 heterocycles. The van der Waals surface area contributed by atoms with Crippen molar-refractivity contribution in [2.45, 2.75) is 119 Å². The van der Waals surface area contributed by atoms with Crippen LogP contribution in [0.3, 0.4) is 0 Å². The first kappa shape index (κ1) is 34.2. The molecule has 6 rings (SSSR count). The molecule has 6 nitrogen and oxygen atoms in total. The molecular formula is C41H58O6. The normalized spacial score (nSPS) is 41.7. The van der Waals surface area contributed by atoms with Crippen LogP contribution in [0.15, 0.2) is 36.4 Å². The van der Waals surface area contributed by atoms with Gasteiger partial charge in [0.2, 0.25) is 0 Å². The number of hydrogen-bond donors (Lipinski definition) is 0. The fourth-order valence-electron chi connectivity index (χ4n) is 13.2. The molecule has 0 saturated heterocycles. The molecule has 0 aliphatic heterocycles. The molecule has 0 spiro atoms. The number of esters is 3. The van der Waals surface area contributed by atoms with Gasteiger partial charge in [-0.2, -0.15) is 0 Å². The predicted octanol–water partition coefficient (Wildman–Crippen LogP) is 9.22. The Morgan fingerprint density at radius 3 is 2.11 bits per heavy atom. The number of fused-ring (bicyclic) bond motifs is 7. The second-order valence-electron chi connectivity index (χ2n) is 17.6. The average molecular weight is 647 g/mol. The van der Waals surface area contributed by atoms with Crippen molar-refractivity contribution in [1.82, 2.24) is 0 Å². The molecule has 1 aromatic carbocycles. The van der Waals surface area contributed by atoms with Crippen molar-refractivity contribution >= 4 is 17.9 Å². The van der Waals surface area contributed by atoms with E-state index in [1.807, 2.05) is 0 Å². The molecule has 10 atom stereocenters. The van der Waals surface area contributed by atoms with Crippen LogP contribution in [0, 0.1) is 56.7 Å². The molecule has 0 radical (unpaired) electrons. The van der Waals surface area contributed by atoms with Gasteiger partial charge in [0.15, 0.2) is 0 Å². The lowest BCUT2D eigenvalue weighted by Gasteiger charge is -2.73. The maximum atomic E-state index is 13.5. The Morgan fingerprint density at radius 1 is 0.787 bits per heavy atom. The minimum absolute atomic E-state index is 0.0123. The highest BCUT2D eigenvalue weighted by Crippen LogP contribution is 2.77. The fraction of sp³-hybridized carbons (Fsp3) is 0.732. The van der Waals surface area contributed by atoms with Crippen molar-refractivity contribution in [2.24, 2.45) is 56.7 Å². The second-order valence-corrected chi connectivity index (χ2v) is 17.6. The molecule has 0 N–H and O–H groups in total. The maximum absolute atomic E-state index is 13.5. The summed E-state index contributed by atoms with van der Waals surface area (Å²) >= 11 is 0. The lowest BCUT2D eigenvalue weighted by Crippen LogP contribution is -2.67. The third-order valence-electron chi connectivity index (χ3n) is 15.5. The van der Waals surface area contributed by atoms with Crippen LogP contribution in [-0.4, -0.2) is 37.7 Å². The zero-order valence-electron chi connectivity index (χ0n) is 30.2. The number of rotatable bonds is 6. The van der Waals surface area contributed by atoms with Crippen molar-refractivity contribution in [3.63, 3.8) is 0 Å². The van der Waals surface area contributed by atoms with Crippen LogP contribution in [0.25, 0.3) is 0 Å². The minimum Gasteiger partial charge on any atom is -0.465 e. The van der Waals surface area contributed by atoms with E-state index >= 15 is 0 Å². The topological polar surface area (TPSA) is 78.9 Å². The summed E-state index contributed by atoms with van der Waals surface area (Å²) in [7, 11) is 1.33. The molecule has 258 valence electrons. The molecule has 0 amide bonds. The van der Waals surface area contributed by atoms with Gasteiger partial charge in [0.1, 0.15) is 6.10 Å². The number of carbonyl (C=O) groups is 3. The summed E-state index contributed by atoms with van der Waals surface area (Å²) in [4.78, 5) is 38.0. The lowest BCUT2D eigenvalue weighted by atomic mass is 9.32. The first-order chi connectivity index (χ1) is 22.1. The van der Waals surface area contributed by atoms with Gasteiger partial charge in [-0.05, 0) is 129 Å². The van der Waals surface area contributed by atoms with Crippen LogP contribution in [0.1, 0.15) is 133 Å². The highest BCUT2D eigenvalue weighted by Gasteiger charge is 2.71. The number of hydrogen-bond acceptors (Lipinski definition) is 6. The molecule has 5 aliphatic carbocycles. The van der Waals surface area contributed by atoms with E-state index in [0.717, 1.165) is 38.5 Å². The predicted molar refractivity (Wildman–Crippen MR) is 183 cm³/mol. The van der Waals surface area contributed by atoms with E-state index < -0.39 is 11.9 Å². The van der Waals surface area contributed by atoms with Crippen LogP contribution in [0.4, 0.5) is 0 Å². The van der Waals surface area contributed by atoms with Gasteiger partial charge in [0, 0.05) is 17.8 Å². The van der Waals surface area contributed by atoms with Crippen LogP contribution in [0.2, 0.25) is 0 Å². The third kappa shape index (κ3) is 5.04. The van der Waals surface area contributed by atoms with Crippen LogP contribution in [-0.2, 0) is 19.0 Å². The molecule has 0 aromatic heterocycles. The summed E-state index contributed by atoms with van der Waals surface area (Å²) in [6, 6.07) is 6.79. The summed E-state index contributed by atoms with van der Waals surface area (Å²) in [6.07, 6.45) is 11.2. The molecule has 0 bridgehead atoms. The summed E-state index contributed by atoms with van der Waals surface area (Å²) in [6.45, 7) is 21.2. The molecule has 10 unspecified atom stereocenters. The first-order valence-electron chi connectivity index (χ1n) is 18.2. The van der Waals surface area contributed by atoms with E-state index in [-0.39, 0.29) is 50.3 Å². The van der Waals surface area contributed by atoms with E-state index in [2.05, 4.69) is 48.1 Å². The van der Waals surface area contributed by atoms with Crippen molar-refractivity contribution in [1.29, 1.82) is 0 Å². The van der Waals surface area contributed by atoms with E-state index in [1.54, 1.807) is 31.2 Å². The molecule has 5 aliphatic rings. The van der Waals surface area contributed by atoms with Gasteiger partial charge in [-0.25, -0.2) is 9.59 Å². The Balaban J connectivity index is 1.29. The summed E-state index contributed by atoms with van der Waals surface area (Å²) in [5, 5.41) is 0. The summed E-state index contributed by atoms with van der Waals surface area (Å²) < 4.78 is 17.1. The lowest BCUT2D eigenvalue weighted by molar-refractivity contribution is -0.251. The van der Waals surface area contributed by atoms with E-state index in [4.69, 9.17) is 14.2 Å². The molecule has 6 heteroatoms. The Hall–Kier alpha value is -2.63. The highest BCUT2D eigenvalue weighted by molar-refractivity contribution is 6.03. The summed E-state index contributed by atoms with van der Waals surface area (Å²) in [5.41, 5.74) is 2.23. The van der Waals surface area contributed by atoms with Gasteiger partial charge < -0.3 is 14.2 Å². The quantitative estimate of drug-likeness (QED) is 0.174. The van der Waals surface area contributed by atoms with Gasteiger partial charge >= 0.3 is 17.9 Å². The second kappa shape index (κ2) is 11.8. The zero-order valence-corrected chi connectivity index (χ0v) is 30.2. The number of allylic oxidation sites excluding steroid dienone is 1. The molecule has 47 heavy (non-hydrogen) atoms. The van der Waals surface area contributed by atoms with Crippen molar-refractivity contribution in [2.75, 3.05) is 13.7 Å². The van der Waals surface area contributed by atoms with Gasteiger partial charge in [0.25, 0.3) is 0 Å². The zero-order chi connectivity index (χ0) is 34.2. The Kier molecular flexibility index (Phi) is 8.57. The molecular weight excluding hydrogens is 588 g/mol. The van der Waals surface area contributed by atoms with Gasteiger partial charge in [0.05, 0.1) is 24.8 Å². The standard InChI is InChI=1S/C41H58O6/c1-25(2)27-16-21-41(24-46-36(44)29-13-11-10-12-28(29)35(43)45-9)23-22-39(7)30(34(27)41)14-15-32-38(6)19-18-33(47-26(3)42)37(4,5)31(38)17-20-40(32,39)8/h10-13,27,30-34H,1,14-24H2,2-9H3. The number of ether oxygens (including phenoxy) is 3. The smallest absolute Gasteiger partial charge is 0.339 e. The first-order valence-corrected chi connectivity index (χ1v) is 18.2. The molecule has 5 fully saturated rings. The van der Waals surface area contributed by atoms with E-state index in [9.17, 15) is 14.4 Å². The molecule has 1 aromatic rings. The van der Waals surface area contributed by atoms with E-state index in [0.29, 0.717) is 36.2 Å². The van der Waals surface area contributed by atoms with Crippen molar-refractivity contribution < 1.29 is 28.6 Å². The number of benzene rings is 1. The third-order valence-corrected chi connectivity index (χ3v) is 15.5. The minimum atomic E-state index is -0.526. The van der Waals surface area contributed by atoms with E-state index in [1.165, 1.54) is 38.4 Å².